The molecule has 0 amide bonds. The van der Waals surface area contributed by atoms with Crippen molar-refractivity contribution >= 4 is 0 Å². The maximum atomic E-state index is 5.01. The van der Waals surface area contributed by atoms with Crippen LogP contribution in [-0.2, 0) is 14.2 Å². The van der Waals surface area contributed by atoms with Crippen molar-refractivity contribution in [3.05, 3.63) is 12.4 Å². The molecule has 1 rings (SSSR count). The van der Waals surface area contributed by atoms with E-state index >= 15 is 0 Å². The molecule has 0 aliphatic heterocycles. The third kappa shape index (κ3) is 21.5. The van der Waals surface area contributed by atoms with Crippen molar-refractivity contribution in [2.75, 3.05) is 21.3 Å². The van der Waals surface area contributed by atoms with Gasteiger partial charge >= 0.3 is 0 Å². The highest BCUT2D eigenvalue weighted by Gasteiger charge is 2.03. The van der Waals surface area contributed by atoms with E-state index in [1.807, 2.05) is 13.8 Å². The molecule has 176 valence electrons. The van der Waals surface area contributed by atoms with Crippen LogP contribution in [0.3, 0.4) is 0 Å². The molecule has 1 unspecified atom stereocenters. The van der Waals surface area contributed by atoms with Crippen molar-refractivity contribution in [1.29, 1.82) is 0 Å². The lowest BCUT2D eigenvalue weighted by molar-refractivity contribution is 0.0804. The molecule has 6 nitrogen and oxygen atoms in total. The Morgan fingerprint density at radius 1 is 0.517 bits per heavy atom. The first-order valence-electron chi connectivity index (χ1n) is 10.8. The fraction of sp³-hybridized carbons (Fsp3) is 0.913. The lowest BCUT2D eigenvalue weighted by Crippen LogP contribution is -2.11. The minimum absolute atomic E-state index is 0.380. The van der Waals surface area contributed by atoms with Crippen molar-refractivity contribution < 1.29 is 14.2 Å². The van der Waals surface area contributed by atoms with Crippen LogP contribution in [0.5, 0.6) is 0 Å². The molecule has 3 atom stereocenters. The van der Waals surface area contributed by atoms with Gasteiger partial charge < -0.3 is 14.2 Å². The van der Waals surface area contributed by atoms with E-state index < -0.39 is 0 Å². The fourth-order valence-electron chi connectivity index (χ4n) is 1.31. The average molecular weight is 418 g/mol. The van der Waals surface area contributed by atoms with Gasteiger partial charge in [0, 0.05) is 21.3 Å². The average Bonchev–Trinajstić information content (AvgIpc) is 3.22. The van der Waals surface area contributed by atoms with Crippen LogP contribution >= 0.6 is 0 Å². The third-order valence-corrected chi connectivity index (χ3v) is 4.83. The lowest BCUT2D eigenvalue weighted by atomic mass is 10.1. The summed E-state index contributed by atoms with van der Waals surface area (Å²) in [5.74, 6) is 1.93. The largest absolute Gasteiger partial charge is 0.381 e. The zero-order chi connectivity index (χ0) is 23.6. The maximum Gasteiger partial charge on any atom is 0.0693 e. The molecule has 0 fully saturated rings. The Kier molecular flexibility index (Phi) is 22.9. The molecule has 0 aliphatic rings. The molecule has 0 N–H and O–H groups in total. The van der Waals surface area contributed by atoms with Gasteiger partial charge in [-0.15, -0.1) is 0 Å². The predicted octanol–water partition coefficient (Wildman–Crippen LogP) is 5.89. The standard InChI is InChI=1S/3C6H14O.C5H9N3/c3*1-5(2)6(3)7-4;1-5(2)8-6-3-4-7-8/h3*5-6H,1-4H3;3-5H,1-2H3/t2*6-;;/m10../s1. The molecule has 1 heterocycles. The number of ether oxygens (including phenoxy) is 3. The Balaban J connectivity index is -0.000000312. The summed E-state index contributed by atoms with van der Waals surface area (Å²) in [7, 11) is 5.22. The Labute approximate surface area is 181 Å². The third-order valence-electron chi connectivity index (χ3n) is 4.83. The van der Waals surface area contributed by atoms with Crippen LogP contribution in [0.15, 0.2) is 12.4 Å². The van der Waals surface area contributed by atoms with E-state index in [4.69, 9.17) is 14.2 Å². The number of methoxy groups -OCH3 is 3. The summed E-state index contributed by atoms with van der Waals surface area (Å²) >= 11 is 0. The quantitative estimate of drug-likeness (QED) is 0.553. The Morgan fingerprint density at radius 3 is 0.828 bits per heavy atom. The highest BCUT2D eigenvalue weighted by atomic mass is 16.5. The van der Waals surface area contributed by atoms with E-state index in [2.05, 4.69) is 72.5 Å². The van der Waals surface area contributed by atoms with Gasteiger partial charge in [-0.05, 0) is 52.4 Å². The lowest BCUT2D eigenvalue weighted by Gasteiger charge is -2.11. The van der Waals surface area contributed by atoms with Crippen LogP contribution in [0.2, 0.25) is 0 Å². The fourth-order valence-corrected chi connectivity index (χ4v) is 1.31. The molecular formula is C23H51N3O3. The zero-order valence-electron chi connectivity index (χ0n) is 21.8. The summed E-state index contributed by atoms with van der Waals surface area (Å²) in [6.45, 7) is 23.2. The van der Waals surface area contributed by atoms with Crippen molar-refractivity contribution in [2.45, 2.75) is 101 Å². The molecule has 0 saturated heterocycles. The minimum atomic E-state index is 0.380. The number of nitrogens with zero attached hydrogens (tertiary/aromatic N) is 3. The molecule has 0 bridgehead atoms. The van der Waals surface area contributed by atoms with Gasteiger partial charge in [-0.1, -0.05) is 41.5 Å². The molecule has 29 heavy (non-hydrogen) atoms. The monoisotopic (exact) mass is 417 g/mol. The second kappa shape index (κ2) is 20.3. The van der Waals surface area contributed by atoms with Gasteiger partial charge in [-0.2, -0.15) is 15.0 Å². The molecular weight excluding hydrogens is 366 g/mol. The van der Waals surface area contributed by atoms with E-state index in [1.54, 1.807) is 38.5 Å². The molecule has 1 aromatic rings. The predicted molar refractivity (Wildman–Crippen MR) is 124 cm³/mol. The summed E-state index contributed by atoms with van der Waals surface area (Å²) in [6, 6.07) is 0.380. The van der Waals surface area contributed by atoms with E-state index in [-0.39, 0.29) is 0 Å². The van der Waals surface area contributed by atoms with Crippen molar-refractivity contribution in [3.8, 4) is 0 Å². The van der Waals surface area contributed by atoms with Gasteiger partial charge in [0.15, 0.2) is 0 Å². The van der Waals surface area contributed by atoms with Crippen LogP contribution < -0.4 is 0 Å². The van der Waals surface area contributed by atoms with E-state index in [0.29, 0.717) is 42.1 Å². The molecule has 0 aromatic carbocycles. The van der Waals surface area contributed by atoms with Crippen LogP contribution in [0.1, 0.15) is 82.2 Å². The van der Waals surface area contributed by atoms with Gasteiger partial charge in [0.25, 0.3) is 0 Å². The van der Waals surface area contributed by atoms with Crippen LogP contribution in [0.4, 0.5) is 0 Å². The molecule has 6 heteroatoms. The summed E-state index contributed by atoms with van der Waals surface area (Å²) in [4.78, 5) is 1.67. The maximum absolute atomic E-state index is 5.01. The van der Waals surface area contributed by atoms with E-state index in [9.17, 15) is 0 Å². The second-order valence-corrected chi connectivity index (χ2v) is 8.50. The first kappa shape index (κ1) is 32.7. The number of aromatic nitrogens is 3. The summed E-state index contributed by atoms with van der Waals surface area (Å²) < 4.78 is 15.0. The first-order chi connectivity index (χ1) is 13.3. The van der Waals surface area contributed by atoms with Gasteiger partial charge in [0.1, 0.15) is 0 Å². The topological polar surface area (TPSA) is 58.4 Å². The van der Waals surface area contributed by atoms with Crippen molar-refractivity contribution in [1.82, 2.24) is 15.0 Å². The molecule has 0 aliphatic carbocycles. The summed E-state index contributed by atoms with van der Waals surface area (Å²) in [5.41, 5.74) is 0. The van der Waals surface area contributed by atoms with Crippen molar-refractivity contribution in [3.63, 3.8) is 0 Å². The molecule has 0 spiro atoms. The number of hydrogen-bond acceptors (Lipinski definition) is 5. The Morgan fingerprint density at radius 2 is 0.759 bits per heavy atom. The molecule has 1 aromatic heterocycles. The van der Waals surface area contributed by atoms with Crippen LogP contribution in [0.25, 0.3) is 0 Å². The Bertz CT molecular complexity index is 388. The number of hydrogen-bond donors (Lipinski definition) is 0. The highest BCUT2D eigenvalue weighted by Crippen LogP contribution is 2.03. The second-order valence-electron chi connectivity index (χ2n) is 8.50. The smallest absolute Gasteiger partial charge is 0.0693 e. The number of rotatable bonds is 7. The normalized spacial score (nSPS) is 13.7. The van der Waals surface area contributed by atoms with E-state index in [0.717, 1.165) is 0 Å². The Hall–Kier alpha value is -0.980. The van der Waals surface area contributed by atoms with Crippen LogP contribution in [0, 0.1) is 17.8 Å². The first-order valence-corrected chi connectivity index (χ1v) is 10.8. The molecule has 0 saturated carbocycles. The van der Waals surface area contributed by atoms with Gasteiger partial charge in [0.05, 0.1) is 36.7 Å². The molecule has 0 radical (unpaired) electrons. The zero-order valence-corrected chi connectivity index (χ0v) is 21.8. The van der Waals surface area contributed by atoms with E-state index in [1.165, 1.54) is 0 Å². The van der Waals surface area contributed by atoms with Gasteiger partial charge in [-0.25, -0.2) is 0 Å². The van der Waals surface area contributed by atoms with Gasteiger partial charge in [0.2, 0.25) is 0 Å². The summed E-state index contributed by atoms with van der Waals surface area (Å²) in [6.07, 6.45) is 4.57. The van der Waals surface area contributed by atoms with Crippen molar-refractivity contribution in [2.24, 2.45) is 17.8 Å². The minimum Gasteiger partial charge on any atom is -0.381 e. The SMILES string of the molecule is CC(C)n1nccn1.COC(C)C(C)C.CO[C@@H](C)C(C)C.CO[C@H](C)C(C)C. The highest BCUT2D eigenvalue weighted by molar-refractivity contribution is 4.61. The van der Waals surface area contributed by atoms with Gasteiger partial charge in [-0.3, -0.25) is 0 Å². The van der Waals surface area contributed by atoms with Crippen LogP contribution in [-0.4, -0.2) is 54.6 Å². The summed E-state index contributed by atoms with van der Waals surface area (Å²) in [5, 5.41) is 7.84.